The molecular weight excluding hydrogens is 504 g/mol. The molecule has 8 nitrogen and oxygen atoms in total. The van der Waals surface area contributed by atoms with E-state index in [0.29, 0.717) is 29.2 Å². The average molecular weight is 535 g/mol. The third kappa shape index (κ3) is 5.19. The second-order valence-electron chi connectivity index (χ2n) is 9.19. The fourth-order valence-corrected chi connectivity index (χ4v) is 5.61. The van der Waals surface area contributed by atoms with Crippen LogP contribution in [0.25, 0.3) is 16.1 Å². The van der Waals surface area contributed by atoms with Gasteiger partial charge in [-0.3, -0.25) is 9.78 Å². The van der Waals surface area contributed by atoms with E-state index < -0.39 is 23.3 Å². The molecule has 0 saturated heterocycles. The number of nitrogens with zero attached hydrogens (tertiary/aromatic N) is 2. The highest BCUT2D eigenvalue weighted by molar-refractivity contribution is 7.13. The Hall–Kier alpha value is -3.98. The molecule has 4 rings (SSSR count). The number of benzene rings is 1. The van der Waals surface area contributed by atoms with Crippen LogP contribution in [0.15, 0.2) is 59.6 Å². The number of methoxy groups -OCH3 is 2. The fourth-order valence-electron chi connectivity index (χ4n) is 4.78. The van der Waals surface area contributed by atoms with Crippen molar-refractivity contribution < 1.29 is 29.3 Å². The van der Waals surface area contributed by atoms with Crippen LogP contribution in [0.4, 0.5) is 0 Å². The third-order valence-electron chi connectivity index (χ3n) is 7.11. The standard InChI is InChI=1S/C29H30N2O6S/c1-5-21-13-19(9-11-30-21)26-31-23(16-38-26)20-14-22(27(32)33)17(2)29(15-20,28(34)35)10-8-18-6-7-24(36-3)25(12-18)37-4/h6-7,9,11-17H,5,8,10H2,1-4H3,(H,32,33)(H,34,35). The van der Waals surface area contributed by atoms with Gasteiger partial charge in [-0.25, -0.2) is 9.78 Å². The number of thiazole rings is 1. The predicted molar refractivity (Wildman–Crippen MR) is 146 cm³/mol. The lowest BCUT2D eigenvalue weighted by Crippen LogP contribution is -2.40. The molecule has 0 aliphatic heterocycles. The van der Waals surface area contributed by atoms with E-state index in [-0.39, 0.29) is 12.0 Å². The summed E-state index contributed by atoms with van der Waals surface area (Å²) in [6.45, 7) is 3.69. The lowest BCUT2D eigenvalue weighted by atomic mass is 9.65. The maximum absolute atomic E-state index is 12.8. The lowest BCUT2D eigenvalue weighted by molar-refractivity contribution is -0.148. The van der Waals surface area contributed by atoms with Gasteiger partial charge in [-0.2, -0.15) is 0 Å². The van der Waals surface area contributed by atoms with Crippen molar-refractivity contribution in [1.82, 2.24) is 9.97 Å². The van der Waals surface area contributed by atoms with Gasteiger partial charge in [0, 0.05) is 34.3 Å². The SMILES string of the molecule is CCc1cc(-c2nc(C3=CC(CCc4ccc(OC)c(OC)c4)(C(=O)O)C(C)C(C(=O)O)=C3)cs2)ccn1. The molecule has 9 heteroatoms. The van der Waals surface area contributed by atoms with Crippen LogP contribution in [0.5, 0.6) is 11.5 Å². The average Bonchev–Trinajstić information content (AvgIpc) is 3.42. The molecule has 1 aliphatic carbocycles. The monoisotopic (exact) mass is 534 g/mol. The second kappa shape index (κ2) is 11.2. The van der Waals surface area contributed by atoms with Gasteiger partial charge in [-0.1, -0.05) is 26.0 Å². The zero-order valence-electron chi connectivity index (χ0n) is 21.7. The molecule has 2 unspecified atom stereocenters. The van der Waals surface area contributed by atoms with Gasteiger partial charge in [0.15, 0.2) is 11.5 Å². The van der Waals surface area contributed by atoms with E-state index >= 15 is 0 Å². The van der Waals surface area contributed by atoms with Crippen LogP contribution in [-0.4, -0.2) is 46.3 Å². The van der Waals surface area contributed by atoms with E-state index in [1.807, 2.05) is 36.6 Å². The van der Waals surface area contributed by atoms with E-state index in [2.05, 4.69) is 4.98 Å². The summed E-state index contributed by atoms with van der Waals surface area (Å²) in [7, 11) is 3.09. The molecule has 2 atom stereocenters. The highest BCUT2D eigenvalue weighted by Gasteiger charge is 2.47. The van der Waals surface area contributed by atoms with Gasteiger partial charge in [-0.05, 0) is 60.7 Å². The van der Waals surface area contributed by atoms with Crippen molar-refractivity contribution in [1.29, 1.82) is 0 Å². The number of aromatic nitrogens is 2. The number of carboxylic acids is 2. The number of hydrogen-bond acceptors (Lipinski definition) is 7. The van der Waals surface area contributed by atoms with Crippen LogP contribution < -0.4 is 9.47 Å². The molecule has 198 valence electrons. The molecule has 1 aliphatic rings. The lowest BCUT2D eigenvalue weighted by Gasteiger charge is -2.36. The van der Waals surface area contributed by atoms with E-state index in [1.165, 1.54) is 11.3 Å². The Morgan fingerprint density at radius 2 is 1.87 bits per heavy atom. The number of hydrogen-bond donors (Lipinski definition) is 2. The summed E-state index contributed by atoms with van der Waals surface area (Å²) in [5.74, 6) is -1.85. The van der Waals surface area contributed by atoms with Crippen molar-refractivity contribution in [3.63, 3.8) is 0 Å². The maximum atomic E-state index is 12.8. The molecule has 2 aromatic heterocycles. The fraction of sp³-hybridized carbons (Fsp3) is 0.310. The van der Waals surface area contributed by atoms with Gasteiger partial charge >= 0.3 is 11.9 Å². The Morgan fingerprint density at radius 1 is 1.11 bits per heavy atom. The molecule has 38 heavy (non-hydrogen) atoms. The smallest absolute Gasteiger partial charge is 0.331 e. The van der Waals surface area contributed by atoms with Crippen molar-refractivity contribution in [3.8, 4) is 22.1 Å². The Labute approximate surface area is 225 Å². The quantitative estimate of drug-likeness (QED) is 0.348. The summed E-state index contributed by atoms with van der Waals surface area (Å²) in [6, 6.07) is 9.29. The van der Waals surface area contributed by atoms with E-state index in [1.54, 1.807) is 45.6 Å². The zero-order chi connectivity index (χ0) is 27.4. The van der Waals surface area contributed by atoms with E-state index in [4.69, 9.17) is 14.5 Å². The first-order valence-electron chi connectivity index (χ1n) is 12.3. The van der Waals surface area contributed by atoms with Crippen molar-refractivity contribution in [2.45, 2.75) is 33.1 Å². The second-order valence-corrected chi connectivity index (χ2v) is 10.0. The highest BCUT2D eigenvalue weighted by Crippen LogP contribution is 2.46. The van der Waals surface area contributed by atoms with Crippen molar-refractivity contribution in [2.24, 2.45) is 11.3 Å². The topological polar surface area (TPSA) is 119 Å². The molecule has 0 radical (unpaired) electrons. The first-order chi connectivity index (χ1) is 18.2. The highest BCUT2D eigenvalue weighted by atomic mass is 32.1. The first kappa shape index (κ1) is 27.1. The minimum absolute atomic E-state index is 0.0453. The Bertz CT molecular complexity index is 1430. The first-order valence-corrected chi connectivity index (χ1v) is 13.1. The molecular formula is C29H30N2O6S. The molecule has 0 saturated carbocycles. The number of carbonyl (C=O) groups is 2. The number of pyridine rings is 1. The Kier molecular flexibility index (Phi) is 7.97. The summed E-state index contributed by atoms with van der Waals surface area (Å²) in [5.41, 5.74) is 2.35. The summed E-state index contributed by atoms with van der Waals surface area (Å²) < 4.78 is 10.7. The van der Waals surface area contributed by atoms with Crippen LogP contribution >= 0.6 is 11.3 Å². The van der Waals surface area contributed by atoms with Crippen molar-refractivity contribution in [2.75, 3.05) is 14.2 Å². The summed E-state index contributed by atoms with van der Waals surface area (Å²) in [6.07, 6.45) is 6.34. The molecule has 0 fully saturated rings. The zero-order valence-corrected chi connectivity index (χ0v) is 22.5. The predicted octanol–water partition coefficient (Wildman–Crippen LogP) is 5.53. The molecule has 1 aromatic carbocycles. The Balaban J connectivity index is 1.73. The van der Waals surface area contributed by atoms with Gasteiger partial charge in [0.2, 0.25) is 0 Å². The van der Waals surface area contributed by atoms with E-state index in [0.717, 1.165) is 28.2 Å². The van der Waals surface area contributed by atoms with Crippen LogP contribution in [0, 0.1) is 11.3 Å². The van der Waals surface area contributed by atoms with Gasteiger partial charge < -0.3 is 19.7 Å². The van der Waals surface area contributed by atoms with Crippen LogP contribution in [0.3, 0.4) is 0 Å². The van der Waals surface area contributed by atoms with Gasteiger partial charge in [0.05, 0.1) is 25.3 Å². The summed E-state index contributed by atoms with van der Waals surface area (Å²) in [5, 5.41) is 23.1. The van der Waals surface area contributed by atoms with Gasteiger partial charge in [-0.15, -0.1) is 11.3 Å². The maximum Gasteiger partial charge on any atom is 0.331 e. The van der Waals surface area contributed by atoms with Crippen LogP contribution in [0.2, 0.25) is 0 Å². The summed E-state index contributed by atoms with van der Waals surface area (Å²) >= 11 is 1.42. The minimum atomic E-state index is -1.44. The molecule has 0 bridgehead atoms. The molecule has 0 amide bonds. The minimum Gasteiger partial charge on any atom is -0.493 e. The molecule has 2 N–H and O–H groups in total. The Morgan fingerprint density at radius 3 is 2.53 bits per heavy atom. The number of aryl methyl sites for hydroxylation is 2. The van der Waals surface area contributed by atoms with Gasteiger partial charge in [0.1, 0.15) is 5.01 Å². The van der Waals surface area contributed by atoms with Gasteiger partial charge in [0.25, 0.3) is 0 Å². The largest absolute Gasteiger partial charge is 0.493 e. The van der Waals surface area contributed by atoms with E-state index in [9.17, 15) is 19.8 Å². The molecule has 2 heterocycles. The summed E-state index contributed by atoms with van der Waals surface area (Å²) in [4.78, 5) is 34.2. The number of rotatable bonds is 10. The van der Waals surface area contributed by atoms with Crippen LogP contribution in [0.1, 0.15) is 37.2 Å². The molecule has 3 aromatic rings. The normalized spacial score (nSPS) is 18.9. The van der Waals surface area contributed by atoms with Crippen molar-refractivity contribution in [3.05, 3.63) is 76.6 Å². The third-order valence-corrected chi connectivity index (χ3v) is 8.00. The molecule has 0 spiro atoms. The van der Waals surface area contributed by atoms with Crippen molar-refractivity contribution >= 4 is 28.8 Å². The number of allylic oxidation sites excluding steroid dienone is 2. The number of aliphatic carboxylic acids is 2. The van der Waals surface area contributed by atoms with Crippen LogP contribution in [-0.2, 0) is 22.4 Å². The number of ether oxygens (including phenoxy) is 2. The number of carboxylic acid groups (broad SMARTS) is 2.